The van der Waals surface area contributed by atoms with E-state index in [2.05, 4.69) is 30.5 Å². The molecule has 52 heavy (non-hydrogen) atoms. The minimum absolute atomic E-state index is 0.187. The van der Waals surface area contributed by atoms with E-state index in [0.717, 1.165) is 44.9 Å². The summed E-state index contributed by atoms with van der Waals surface area (Å²) in [5, 5.41) is 18.3. The van der Waals surface area contributed by atoms with Crippen LogP contribution in [0.2, 0.25) is 0 Å². The fourth-order valence-electron chi connectivity index (χ4n) is 5.87. The largest absolute Gasteiger partial charge is 0.472 e. The van der Waals surface area contributed by atoms with Crippen molar-refractivity contribution < 1.29 is 47.8 Å². The van der Waals surface area contributed by atoms with Gasteiger partial charge in [0.25, 0.3) is 0 Å². The molecule has 0 amide bonds. The first-order valence-electron chi connectivity index (χ1n) is 21.1. The van der Waals surface area contributed by atoms with Crippen LogP contribution in [0.4, 0.5) is 0 Å². The molecule has 3 N–H and O–H groups in total. The third-order valence-electron chi connectivity index (χ3n) is 9.17. The van der Waals surface area contributed by atoms with Crippen LogP contribution in [0.3, 0.4) is 0 Å². The highest BCUT2D eigenvalue weighted by Gasteiger charge is 2.27. The standard InChI is InChI=1S/C41H79O10P/c1-3-5-7-9-11-13-15-16-17-18-19-20-21-22-23-25-26-28-30-32-40(44)48-36-39(37-50-52(46,47)49-35-38(43)34-42)51-41(45)33-31-29-27-24-14-12-10-8-6-4-2/h18-19,38-39,42-43H,3-17,20-37H2,1-2H3,(H,46,47)/b19-18-/t38-,39+/m0/s1. The zero-order valence-electron chi connectivity index (χ0n) is 33.3. The molecule has 0 saturated heterocycles. The number of allylic oxidation sites excluding steroid dienone is 2. The third-order valence-corrected chi connectivity index (χ3v) is 10.1. The molecule has 0 radical (unpaired) electrons. The normalized spacial score (nSPS) is 14.0. The van der Waals surface area contributed by atoms with E-state index in [0.29, 0.717) is 12.8 Å². The number of carbonyl (C=O) groups is 2. The van der Waals surface area contributed by atoms with Crippen LogP contribution in [0.5, 0.6) is 0 Å². The lowest BCUT2D eigenvalue weighted by atomic mass is 10.1. The fourth-order valence-corrected chi connectivity index (χ4v) is 6.66. The molecule has 0 aromatic rings. The Morgan fingerprint density at radius 3 is 1.38 bits per heavy atom. The number of unbranched alkanes of at least 4 members (excludes halogenated alkanes) is 24. The minimum Gasteiger partial charge on any atom is -0.462 e. The van der Waals surface area contributed by atoms with Crippen molar-refractivity contribution in [3.8, 4) is 0 Å². The van der Waals surface area contributed by atoms with E-state index < -0.39 is 51.8 Å². The fraction of sp³-hybridized carbons (Fsp3) is 0.902. The maximum atomic E-state index is 12.5. The number of phosphoric acid groups is 1. The van der Waals surface area contributed by atoms with E-state index in [1.807, 2.05) is 0 Å². The zero-order valence-corrected chi connectivity index (χ0v) is 34.2. The molecule has 3 atom stereocenters. The van der Waals surface area contributed by atoms with Crippen LogP contribution in [0, 0.1) is 0 Å². The molecule has 0 aliphatic heterocycles. The number of hydrogen-bond acceptors (Lipinski definition) is 9. The van der Waals surface area contributed by atoms with Crippen molar-refractivity contribution in [1.82, 2.24) is 0 Å². The predicted molar refractivity (Wildman–Crippen MR) is 210 cm³/mol. The maximum absolute atomic E-state index is 12.5. The minimum atomic E-state index is -4.61. The molecule has 0 aromatic carbocycles. The van der Waals surface area contributed by atoms with Crippen LogP contribution in [0.1, 0.15) is 200 Å². The molecular formula is C41H79O10P. The van der Waals surface area contributed by atoms with E-state index in [4.69, 9.17) is 19.1 Å². The second-order valence-electron chi connectivity index (χ2n) is 14.4. The molecule has 0 spiro atoms. The molecular weight excluding hydrogens is 683 g/mol. The van der Waals surface area contributed by atoms with Crippen LogP contribution in [0.25, 0.3) is 0 Å². The summed E-state index contributed by atoms with van der Waals surface area (Å²) in [7, 11) is -4.61. The maximum Gasteiger partial charge on any atom is 0.472 e. The highest BCUT2D eigenvalue weighted by Crippen LogP contribution is 2.43. The average Bonchev–Trinajstić information content (AvgIpc) is 3.13. The van der Waals surface area contributed by atoms with Gasteiger partial charge in [-0.25, -0.2) is 4.57 Å². The number of esters is 2. The van der Waals surface area contributed by atoms with Gasteiger partial charge in [-0.05, 0) is 38.5 Å². The molecule has 0 aliphatic rings. The molecule has 0 rings (SSSR count). The van der Waals surface area contributed by atoms with Gasteiger partial charge < -0.3 is 24.6 Å². The predicted octanol–water partition coefficient (Wildman–Crippen LogP) is 10.8. The Morgan fingerprint density at radius 2 is 0.942 bits per heavy atom. The summed E-state index contributed by atoms with van der Waals surface area (Å²) in [6.07, 6.45) is 34.7. The Bertz CT molecular complexity index is 884. The molecule has 0 bridgehead atoms. The molecule has 1 unspecified atom stereocenters. The first-order chi connectivity index (χ1) is 25.2. The second kappa shape index (κ2) is 38.0. The number of hydrogen-bond donors (Lipinski definition) is 3. The van der Waals surface area contributed by atoms with E-state index in [1.165, 1.54) is 116 Å². The molecule has 0 saturated carbocycles. The Balaban J connectivity index is 4.21. The quantitative estimate of drug-likeness (QED) is 0.0238. The van der Waals surface area contributed by atoms with Crippen LogP contribution < -0.4 is 0 Å². The molecule has 0 aliphatic carbocycles. The molecule has 308 valence electrons. The van der Waals surface area contributed by atoms with Crippen LogP contribution >= 0.6 is 7.82 Å². The van der Waals surface area contributed by atoms with Crippen LogP contribution in [0.15, 0.2) is 12.2 Å². The van der Waals surface area contributed by atoms with Gasteiger partial charge in [-0.2, -0.15) is 0 Å². The lowest BCUT2D eigenvalue weighted by Crippen LogP contribution is -2.29. The Hall–Kier alpha value is -1.29. The van der Waals surface area contributed by atoms with E-state index in [9.17, 15) is 24.2 Å². The summed E-state index contributed by atoms with van der Waals surface area (Å²) < 4.78 is 32.6. The van der Waals surface area contributed by atoms with Crippen molar-refractivity contribution in [2.24, 2.45) is 0 Å². The monoisotopic (exact) mass is 763 g/mol. The van der Waals surface area contributed by atoms with Crippen molar-refractivity contribution in [1.29, 1.82) is 0 Å². The van der Waals surface area contributed by atoms with Gasteiger partial charge in [0.2, 0.25) is 0 Å². The number of ether oxygens (including phenoxy) is 2. The van der Waals surface area contributed by atoms with Crippen LogP contribution in [-0.4, -0.2) is 65.7 Å². The van der Waals surface area contributed by atoms with Gasteiger partial charge in [-0.3, -0.25) is 18.6 Å². The van der Waals surface area contributed by atoms with Gasteiger partial charge in [0.1, 0.15) is 12.7 Å². The topological polar surface area (TPSA) is 149 Å². The van der Waals surface area contributed by atoms with Gasteiger partial charge >= 0.3 is 19.8 Å². The Morgan fingerprint density at radius 1 is 0.558 bits per heavy atom. The molecule has 0 aromatic heterocycles. The molecule has 0 heterocycles. The smallest absolute Gasteiger partial charge is 0.462 e. The summed E-state index contributed by atoms with van der Waals surface area (Å²) in [6, 6.07) is 0. The summed E-state index contributed by atoms with van der Waals surface area (Å²) >= 11 is 0. The summed E-state index contributed by atoms with van der Waals surface area (Å²) in [6.45, 7) is 2.37. The lowest BCUT2D eigenvalue weighted by molar-refractivity contribution is -0.161. The van der Waals surface area contributed by atoms with Crippen molar-refractivity contribution in [3.05, 3.63) is 12.2 Å². The average molecular weight is 763 g/mol. The molecule has 11 heteroatoms. The number of aliphatic hydroxyl groups excluding tert-OH is 2. The van der Waals surface area contributed by atoms with Crippen LogP contribution in [-0.2, 0) is 32.7 Å². The molecule has 10 nitrogen and oxygen atoms in total. The van der Waals surface area contributed by atoms with Gasteiger partial charge in [-0.1, -0.05) is 161 Å². The summed E-state index contributed by atoms with van der Waals surface area (Å²) in [4.78, 5) is 34.9. The Kier molecular flexibility index (Phi) is 37.1. The number of aliphatic hydroxyl groups is 2. The first kappa shape index (κ1) is 50.7. The Labute approximate surface area is 317 Å². The van der Waals surface area contributed by atoms with Crippen molar-refractivity contribution in [2.45, 2.75) is 212 Å². The zero-order chi connectivity index (χ0) is 38.4. The van der Waals surface area contributed by atoms with Gasteiger partial charge in [0.05, 0.1) is 19.8 Å². The SMILES string of the molecule is CCCCCCCCCC/C=C\CCCCCCCCCC(=O)OC[C@H](COP(=O)(O)OC[C@@H](O)CO)OC(=O)CCCCCCCCCCCC. The highest BCUT2D eigenvalue weighted by molar-refractivity contribution is 7.47. The number of phosphoric ester groups is 1. The molecule has 0 fully saturated rings. The summed E-state index contributed by atoms with van der Waals surface area (Å²) in [5.74, 6) is -0.924. The lowest BCUT2D eigenvalue weighted by Gasteiger charge is -2.20. The van der Waals surface area contributed by atoms with E-state index >= 15 is 0 Å². The van der Waals surface area contributed by atoms with Crippen molar-refractivity contribution in [2.75, 3.05) is 26.4 Å². The second-order valence-corrected chi connectivity index (χ2v) is 15.8. The van der Waals surface area contributed by atoms with Gasteiger partial charge in [0, 0.05) is 12.8 Å². The summed E-state index contributed by atoms with van der Waals surface area (Å²) in [5.41, 5.74) is 0. The van der Waals surface area contributed by atoms with E-state index in [1.54, 1.807) is 0 Å². The van der Waals surface area contributed by atoms with Gasteiger partial charge in [-0.15, -0.1) is 0 Å². The number of carbonyl (C=O) groups excluding carboxylic acids is 2. The number of rotatable bonds is 40. The van der Waals surface area contributed by atoms with Gasteiger partial charge in [0.15, 0.2) is 6.10 Å². The highest BCUT2D eigenvalue weighted by atomic mass is 31.2. The third kappa shape index (κ3) is 37.0. The van der Waals surface area contributed by atoms with Crippen molar-refractivity contribution in [3.63, 3.8) is 0 Å². The van der Waals surface area contributed by atoms with Crippen molar-refractivity contribution >= 4 is 19.8 Å². The first-order valence-corrected chi connectivity index (χ1v) is 22.6. The van der Waals surface area contributed by atoms with E-state index in [-0.39, 0.29) is 19.4 Å².